The maximum atomic E-state index is 12.7. The number of anilines is 1. The Labute approximate surface area is 179 Å². The molecule has 0 unspecified atom stereocenters. The molecule has 2 aromatic rings. The fourth-order valence-electron chi connectivity index (χ4n) is 3.93. The summed E-state index contributed by atoms with van der Waals surface area (Å²) in [6.07, 6.45) is 4.27. The van der Waals surface area contributed by atoms with Gasteiger partial charge in [-0.2, -0.15) is 0 Å². The summed E-state index contributed by atoms with van der Waals surface area (Å²) >= 11 is 0. The molecule has 0 aromatic heterocycles. The summed E-state index contributed by atoms with van der Waals surface area (Å²) in [7, 11) is 0. The molecule has 1 N–H and O–H groups in total. The number of amides is 5. The van der Waals surface area contributed by atoms with E-state index in [1.807, 2.05) is 30.3 Å². The van der Waals surface area contributed by atoms with E-state index in [1.165, 1.54) is 0 Å². The molecule has 1 saturated heterocycles. The van der Waals surface area contributed by atoms with Gasteiger partial charge in [0.15, 0.2) is 0 Å². The Bertz CT molecular complexity index is 1000. The first-order chi connectivity index (χ1) is 15.0. The number of benzene rings is 2. The Hall–Kier alpha value is -3.68. The zero-order valence-electron chi connectivity index (χ0n) is 17.0. The molecule has 0 bridgehead atoms. The number of nitrogens with one attached hydrogen (secondary N) is 1. The number of imide groups is 2. The lowest BCUT2D eigenvalue weighted by Crippen LogP contribution is -2.43. The van der Waals surface area contributed by atoms with Crippen molar-refractivity contribution in [2.45, 2.75) is 38.1 Å². The highest BCUT2D eigenvalue weighted by Gasteiger charge is 2.48. The van der Waals surface area contributed by atoms with Gasteiger partial charge in [-0.05, 0) is 37.1 Å². The van der Waals surface area contributed by atoms with Crippen molar-refractivity contribution < 1.29 is 23.9 Å². The lowest BCUT2D eigenvalue weighted by molar-refractivity contribution is -0.144. The van der Waals surface area contributed by atoms with Crippen LogP contribution in [0.1, 0.15) is 32.1 Å². The fraction of sp³-hybridized carbons (Fsp3) is 0.304. The zero-order chi connectivity index (χ0) is 21.8. The number of carbonyl (C=O) groups is 4. The molecule has 2 aliphatic rings. The number of ether oxygens (including phenoxy) is 1. The third-order valence-electron chi connectivity index (χ3n) is 5.42. The molecule has 31 heavy (non-hydrogen) atoms. The number of carbonyl (C=O) groups excluding carboxylic acids is 4. The second kappa shape index (κ2) is 8.99. The SMILES string of the molecule is O=C(CN1C(=O)C(=O)N(C2CCCCC2)C1=O)Nc1cccc(Oc2ccccc2)c1. The largest absolute Gasteiger partial charge is 0.457 e. The summed E-state index contributed by atoms with van der Waals surface area (Å²) < 4.78 is 5.74. The molecule has 1 aliphatic heterocycles. The lowest BCUT2D eigenvalue weighted by atomic mass is 9.94. The number of rotatable bonds is 6. The second-order valence-electron chi connectivity index (χ2n) is 7.63. The molecule has 0 atom stereocenters. The van der Waals surface area contributed by atoms with Crippen molar-refractivity contribution in [1.82, 2.24) is 9.80 Å². The van der Waals surface area contributed by atoms with Crippen molar-refractivity contribution in [1.29, 1.82) is 0 Å². The Kier molecular flexibility index (Phi) is 5.97. The molecule has 0 spiro atoms. The van der Waals surface area contributed by atoms with Crippen LogP contribution in [0.15, 0.2) is 54.6 Å². The molecule has 1 heterocycles. The summed E-state index contributed by atoms with van der Waals surface area (Å²) in [5.74, 6) is -1.19. The van der Waals surface area contributed by atoms with Crippen LogP contribution in [0.2, 0.25) is 0 Å². The van der Waals surface area contributed by atoms with Gasteiger partial charge in [0, 0.05) is 17.8 Å². The Morgan fingerprint density at radius 3 is 2.35 bits per heavy atom. The van der Waals surface area contributed by atoms with Gasteiger partial charge in [0.1, 0.15) is 18.0 Å². The van der Waals surface area contributed by atoms with Crippen molar-refractivity contribution >= 4 is 29.4 Å². The average Bonchev–Trinajstić information content (AvgIpc) is 2.98. The summed E-state index contributed by atoms with van der Waals surface area (Å²) in [5.41, 5.74) is 0.452. The van der Waals surface area contributed by atoms with Gasteiger partial charge in [-0.15, -0.1) is 0 Å². The van der Waals surface area contributed by atoms with Crippen molar-refractivity contribution in [2.75, 3.05) is 11.9 Å². The Morgan fingerprint density at radius 1 is 0.903 bits per heavy atom. The summed E-state index contributed by atoms with van der Waals surface area (Å²) in [5, 5.41) is 2.65. The van der Waals surface area contributed by atoms with Gasteiger partial charge in [-0.25, -0.2) is 9.69 Å². The number of hydrogen-bond donors (Lipinski definition) is 1. The Balaban J connectivity index is 1.39. The molecule has 1 aliphatic carbocycles. The van der Waals surface area contributed by atoms with Crippen molar-refractivity contribution in [3.8, 4) is 11.5 Å². The van der Waals surface area contributed by atoms with Crippen molar-refractivity contribution in [3.63, 3.8) is 0 Å². The smallest absolute Gasteiger partial charge is 0.334 e. The van der Waals surface area contributed by atoms with E-state index in [0.717, 1.165) is 29.1 Å². The van der Waals surface area contributed by atoms with Crippen molar-refractivity contribution in [2.24, 2.45) is 0 Å². The predicted octanol–water partition coefficient (Wildman–Crippen LogP) is 3.54. The highest BCUT2D eigenvalue weighted by atomic mass is 16.5. The summed E-state index contributed by atoms with van der Waals surface area (Å²) in [4.78, 5) is 51.6. The monoisotopic (exact) mass is 421 g/mol. The molecule has 2 fully saturated rings. The van der Waals surface area contributed by atoms with E-state index in [2.05, 4.69) is 5.32 Å². The van der Waals surface area contributed by atoms with Crippen LogP contribution in [0.4, 0.5) is 10.5 Å². The Morgan fingerprint density at radius 2 is 1.61 bits per heavy atom. The van der Waals surface area contributed by atoms with Gasteiger partial charge in [0.2, 0.25) is 5.91 Å². The van der Waals surface area contributed by atoms with Crippen LogP contribution in [0.5, 0.6) is 11.5 Å². The maximum absolute atomic E-state index is 12.7. The standard InChI is InChI=1S/C23H23N3O5/c27-20(24-16-8-7-13-19(14-16)31-18-11-5-2-6-12-18)15-25-21(28)22(29)26(23(25)30)17-9-3-1-4-10-17/h2,5-8,11-14,17H,1,3-4,9-10,15H2,(H,24,27). The highest BCUT2D eigenvalue weighted by molar-refractivity contribution is 6.45. The first-order valence-electron chi connectivity index (χ1n) is 10.3. The quantitative estimate of drug-likeness (QED) is 0.569. The minimum atomic E-state index is -0.952. The van der Waals surface area contributed by atoms with Gasteiger partial charge in [-0.3, -0.25) is 19.3 Å². The van der Waals surface area contributed by atoms with Crippen LogP contribution < -0.4 is 10.1 Å². The second-order valence-corrected chi connectivity index (χ2v) is 7.63. The van der Waals surface area contributed by atoms with Crippen LogP contribution in [-0.4, -0.2) is 46.1 Å². The van der Waals surface area contributed by atoms with E-state index >= 15 is 0 Å². The first kappa shape index (κ1) is 20.6. The minimum absolute atomic E-state index is 0.266. The average molecular weight is 421 g/mol. The number of nitrogens with zero attached hydrogens (tertiary/aromatic N) is 2. The molecule has 5 amide bonds. The fourth-order valence-corrected chi connectivity index (χ4v) is 3.93. The molecular formula is C23H23N3O5. The van der Waals surface area contributed by atoms with Crippen LogP contribution in [-0.2, 0) is 14.4 Å². The third kappa shape index (κ3) is 4.58. The third-order valence-corrected chi connectivity index (χ3v) is 5.42. The van der Waals surface area contributed by atoms with Crippen LogP contribution in [0, 0.1) is 0 Å². The first-order valence-corrected chi connectivity index (χ1v) is 10.3. The van der Waals surface area contributed by atoms with E-state index in [1.54, 1.807) is 24.3 Å². The normalized spacial score (nSPS) is 17.2. The number of hydrogen-bond acceptors (Lipinski definition) is 5. The topological polar surface area (TPSA) is 96.0 Å². The van der Waals surface area contributed by atoms with Crippen LogP contribution in [0.3, 0.4) is 0 Å². The molecule has 1 saturated carbocycles. The number of urea groups is 1. The summed E-state index contributed by atoms with van der Waals surface area (Å²) in [6, 6.07) is 15.0. The molecule has 2 aromatic carbocycles. The van der Waals surface area contributed by atoms with Gasteiger partial charge in [0.25, 0.3) is 0 Å². The van der Waals surface area contributed by atoms with E-state index in [0.29, 0.717) is 30.0 Å². The zero-order valence-corrected chi connectivity index (χ0v) is 17.0. The van der Waals surface area contributed by atoms with Gasteiger partial charge in [-0.1, -0.05) is 43.5 Å². The molecule has 160 valence electrons. The summed E-state index contributed by atoms with van der Waals surface area (Å²) in [6.45, 7) is -0.517. The van der Waals surface area contributed by atoms with Crippen molar-refractivity contribution in [3.05, 3.63) is 54.6 Å². The van der Waals surface area contributed by atoms with E-state index in [4.69, 9.17) is 4.74 Å². The van der Waals surface area contributed by atoms with E-state index in [-0.39, 0.29) is 6.04 Å². The molecule has 8 heteroatoms. The van der Waals surface area contributed by atoms with Crippen LogP contribution in [0.25, 0.3) is 0 Å². The van der Waals surface area contributed by atoms with Gasteiger partial charge < -0.3 is 10.1 Å². The lowest BCUT2D eigenvalue weighted by Gasteiger charge is -2.28. The predicted molar refractivity (Wildman–Crippen MR) is 112 cm³/mol. The van der Waals surface area contributed by atoms with Gasteiger partial charge >= 0.3 is 17.8 Å². The highest BCUT2D eigenvalue weighted by Crippen LogP contribution is 2.27. The molecule has 0 radical (unpaired) electrons. The number of para-hydroxylation sites is 1. The minimum Gasteiger partial charge on any atom is -0.457 e. The van der Waals surface area contributed by atoms with E-state index in [9.17, 15) is 19.2 Å². The van der Waals surface area contributed by atoms with Gasteiger partial charge in [0.05, 0.1) is 0 Å². The van der Waals surface area contributed by atoms with E-state index < -0.39 is 30.3 Å². The molecule has 4 rings (SSSR count). The maximum Gasteiger partial charge on any atom is 0.334 e. The van der Waals surface area contributed by atoms with Crippen LogP contribution >= 0.6 is 0 Å². The molecule has 8 nitrogen and oxygen atoms in total. The molecular weight excluding hydrogens is 398 g/mol.